The van der Waals surface area contributed by atoms with Gasteiger partial charge in [0.15, 0.2) is 0 Å². The van der Waals surface area contributed by atoms with Crippen LogP contribution in [-0.4, -0.2) is 41.7 Å². The number of nitrogens with zero attached hydrogens (tertiary/aromatic N) is 2. The van der Waals surface area contributed by atoms with E-state index in [9.17, 15) is 9.59 Å². The summed E-state index contributed by atoms with van der Waals surface area (Å²) in [5.41, 5.74) is 0.0431. The van der Waals surface area contributed by atoms with Gasteiger partial charge in [-0.3, -0.25) is 0 Å². The van der Waals surface area contributed by atoms with Crippen LogP contribution in [-0.2, 0) is 4.79 Å². The van der Waals surface area contributed by atoms with E-state index in [1.165, 1.54) is 0 Å². The van der Waals surface area contributed by atoms with Gasteiger partial charge in [-0.05, 0) is 57.8 Å². The summed E-state index contributed by atoms with van der Waals surface area (Å²) < 4.78 is 0. The molecule has 5 heteroatoms. The van der Waals surface area contributed by atoms with Gasteiger partial charge in [-0.25, -0.2) is 14.6 Å². The first-order valence-corrected chi connectivity index (χ1v) is 8.62. The zero-order valence-corrected chi connectivity index (χ0v) is 15.8. The Bertz CT molecular complexity index is 459. The van der Waals surface area contributed by atoms with Gasteiger partial charge in [0, 0.05) is 18.1 Å². The average Bonchev–Trinajstić information content (AvgIpc) is 2.32. The number of nitrogens with one attached hydrogen (secondary N) is 1. The summed E-state index contributed by atoms with van der Waals surface area (Å²) in [7, 11) is 0. The van der Waals surface area contributed by atoms with Crippen molar-refractivity contribution in [2.45, 2.75) is 85.9 Å². The summed E-state index contributed by atoms with van der Waals surface area (Å²) in [6.45, 7) is 15.2. The highest BCUT2D eigenvalue weighted by molar-refractivity contribution is 5.75. The topological polar surface area (TPSA) is 61.8 Å². The highest BCUT2D eigenvalue weighted by atomic mass is 16.2. The van der Waals surface area contributed by atoms with Gasteiger partial charge in [-0.2, -0.15) is 0 Å². The van der Waals surface area contributed by atoms with Gasteiger partial charge in [-0.15, -0.1) is 0 Å². The average molecular weight is 323 g/mol. The Morgan fingerprint density at radius 1 is 1.22 bits per heavy atom. The first kappa shape index (κ1) is 19.7. The minimum atomic E-state index is -0.0718. The van der Waals surface area contributed by atoms with E-state index in [-0.39, 0.29) is 35.0 Å². The normalized spacial score (nSPS) is 26.7. The molecule has 23 heavy (non-hydrogen) atoms. The van der Waals surface area contributed by atoms with Crippen molar-refractivity contribution in [3.63, 3.8) is 0 Å². The van der Waals surface area contributed by atoms with Crippen LogP contribution in [0.15, 0.2) is 4.99 Å². The molecule has 0 aliphatic heterocycles. The molecule has 5 nitrogen and oxygen atoms in total. The second-order valence-corrected chi connectivity index (χ2v) is 8.71. The quantitative estimate of drug-likeness (QED) is 0.619. The van der Waals surface area contributed by atoms with E-state index in [2.05, 4.69) is 31.1 Å². The summed E-state index contributed by atoms with van der Waals surface area (Å²) in [4.78, 5) is 28.8. The smallest absolute Gasteiger partial charge is 0.318 e. The second kappa shape index (κ2) is 7.48. The largest absolute Gasteiger partial charge is 0.335 e. The monoisotopic (exact) mass is 323 g/mol. The third-order valence-electron chi connectivity index (χ3n) is 4.64. The van der Waals surface area contributed by atoms with Crippen LogP contribution < -0.4 is 5.32 Å². The molecule has 2 atom stereocenters. The van der Waals surface area contributed by atoms with E-state index < -0.39 is 0 Å². The molecule has 1 fully saturated rings. The van der Waals surface area contributed by atoms with Gasteiger partial charge in [0.2, 0.25) is 6.08 Å². The number of urea groups is 1. The fraction of sp³-hybridized carbons (Fsp3) is 0.889. The predicted molar refractivity (Wildman–Crippen MR) is 93.2 cm³/mol. The van der Waals surface area contributed by atoms with Crippen molar-refractivity contribution in [1.82, 2.24) is 10.2 Å². The summed E-state index contributed by atoms with van der Waals surface area (Å²) in [6, 6.07) is 0.437. The SMILES string of the molecule is CC(C)N(C(=O)NC1CC(C)(C)CC(C)(CN=C=O)C1)C(C)C. The summed E-state index contributed by atoms with van der Waals surface area (Å²) in [5.74, 6) is 0. The fourth-order valence-corrected chi connectivity index (χ4v) is 4.39. The van der Waals surface area contributed by atoms with Crippen LogP contribution >= 0.6 is 0 Å². The molecule has 0 bridgehead atoms. The molecule has 132 valence electrons. The Labute approximate surface area is 140 Å². The third kappa shape index (κ3) is 5.65. The van der Waals surface area contributed by atoms with Crippen molar-refractivity contribution in [2.75, 3.05) is 6.54 Å². The lowest BCUT2D eigenvalue weighted by atomic mass is 9.62. The first-order chi connectivity index (χ1) is 10.5. The van der Waals surface area contributed by atoms with E-state index in [4.69, 9.17) is 0 Å². The number of carbonyl (C=O) groups is 1. The van der Waals surface area contributed by atoms with Crippen LogP contribution in [0.25, 0.3) is 0 Å². The van der Waals surface area contributed by atoms with E-state index in [1.807, 2.05) is 32.6 Å². The molecule has 1 rings (SSSR count). The molecule has 0 saturated heterocycles. The summed E-state index contributed by atoms with van der Waals surface area (Å²) >= 11 is 0. The standard InChI is InChI=1S/C18H33N3O2/c1-13(2)21(14(3)4)16(23)20-15-8-17(5,6)10-18(7,9-15)11-19-12-22/h13-15H,8-11H2,1-7H3,(H,20,23). The molecule has 0 aromatic carbocycles. The molecular formula is C18H33N3O2. The highest BCUT2D eigenvalue weighted by Crippen LogP contribution is 2.46. The minimum Gasteiger partial charge on any atom is -0.335 e. The minimum absolute atomic E-state index is 0.000983. The van der Waals surface area contributed by atoms with E-state index in [0.29, 0.717) is 6.54 Å². The third-order valence-corrected chi connectivity index (χ3v) is 4.64. The molecular weight excluding hydrogens is 290 g/mol. The van der Waals surface area contributed by atoms with Crippen LogP contribution in [0.3, 0.4) is 0 Å². The number of isocyanates is 1. The Morgan fingerprint density at radius 2 is 1.78 bits per heavy atom. The van der Waals surface area contributed by atoms with Crippen molar-refractivity contribution in [3.05, 3.63) is 0 Å². The molecule has 2 amide bonds. The summed E-state index contributed by atoms with van der Waals surface area (Å²) in [6.07, 6.45) is 4.44. The Kier molecular flexibility index (Phi) is 6.41. The Balaban J connectivity index is 2.86. The number of carbonyl (C=O) groups excluding carboxylic acids is 2. The molecule has 2 unspecified atom stereocenters. The lowest BCUT2D eigenvalue weighted by Crippen LogP contribution is -2.54. The number of hydrogen-bond donors (Lipinski definition) is 1. The van der Waals surface area contributed by atoms with Crippen molar-refractivity contribution < 1.29 is 9.59 Å². The van der Waals surface area contributed by atoms with E-state index in [1.54, 1.807) is 6.08 Å². The van der Waals surface area contributed by atoms with E-state index in [0.717, 1.165) is 19.3 Å². The van der Waals surface area contributed by atoms with Crippen LogP contribution in [0.5, 0.6) is 0 Å². The van der Waals surface area contributed by atoms with Crippen molar-refractivity contribution in [1.29, 1.82) is 0 Å². The number of rotatable bonds is 5. The van der Waals surface area contributed by atoms with Gasteiger partial charge >= 0.3 is 6.03 Å². The van der Waals surface area contributed by atoms with Crippen LogP contribution in [0, 0.1) is 10.8 Å². The number of amides is 2. The predicted octanol–water partition coefficient (Wildman–Crippen LogP) is 3.74. The molecule has 0 aromatic heterocycles. The van der Waals surface area contributed by atoms with Crippen LogP contribution in [0.2, 0.25) is 0 Å². The number of aliphatic imine (C=N–C) groups is 1. The molecule has 1 saturated carbocycles. The van der Waals surface area contributed by atoms with Gasteiger partial charge < -0.3 is 10.2 Å². The first-order valence-electron chi connectivity index (χ1n) is 8.62. The maximum absolute atomic E-state index is 12.7. The van der Waals surface area contributed by atoms with Crippen molar-refractivity contribution in [3.8, 4) is 0 Å². The van der Waals surface area contributed by atoms with Crippen molar-refractivity contribution in [2.24, 2.45) is 15.8 Å². The lowest BCUT2D eigenvalue weighted by Gasteiger charge is -2.46. The molecule has 0 heterocycles. The fourth-order valence-electron chi connectivity index (χ4n) is 4.39. The molecule has 1 N–H and O–H groups in total. The zero-order valence-electron chi connectivity index (χ0n) is 15.8. The molecule has 1 aliphatic rings. The van der Waals surface area contributed by atoms with Crippen molar-refractivity contribution >= 4 is 12.1 Å². The maximum Gasteiger partial charge on any atom is 0.318 e. The van der Waals surface area contributed by atoms with Crippen LogP contribution in [0.1, 0.15) is 67.7 Å². The number of hydrogen-bond acceptors (Lipinski definition) is 3. The molecule has 0 spiro atoms. The molecule has 0 radical (unpaired) electrons. The zero-order chi connectivity index (χ0) is 17.8. The van der Waals surface area contributed by atoms with Crippen LogP contribution in [0.4, 0.5) is 4.79 Å². The highest BCUT2D eigenvalue weighted by Gasteiger charge is 2.42. The Hall–Kier alpha value is -1.35. The molecule has 1 aliphatic carbocycles. The summed E-state index contributed by atoms with van der Waals surface area (Å²) in [5, 5.41) is 3.22. The van der Waals surface area contributed by atoms with Gasteiger partial charge in [0.05, 0.1) is 6.54 Å². The van der Waals surface area contributed by atoms with E-state index >= 15 is 0 Å². The maximum atomic E-state index is 12.7. The lowest BCUT2D eigenvalue weighted by molar-refractivity contribution is 0.0753. The van der Waals surface area contributed by atoms with Gasteiger partial charge in [-0.1, -0.05) is 20.8 Å². The van der Waals surface area contributed by atoms with Gasteiger partial charge in [0.25, 0.3) is 0 Å². The van der Waals surface area contributed by atoms with Gasteiger partial charge in [0.1, 0.15) is 0 Å². The second-order valence-electron chi connectivity index (χ2n) is 8.71. The molecule has 0 aromatic rings. The Morgan fingerprint density at radius 3 is 2.26 bits per heavy atom.